The quantitative estimate of drug-likeness (QED) is 0.175. The molecule has 5 nitrogen and oxygen atoms in total. The molecule has 0 amide bonds. The van der Waals surface area contributed by atoms with E-state index in [-0.39, 0.29) is 0 Å². The van der Waals surface area contributed by atoms with Gasteiger partial charge in [-0.05, 0) is 127 Å². The van der Waals surface area contributed by atoms with Crippen LogP contribution in [0.1, 0.15) is 57.8 Å². The van der Waals surface area contributed by atoms with Gasteiger partial charge in [0.1, 0.15) is 0 Å². The van der Waals surface area contributed by atoms with Gasteiger partial charge in [0.25, 0.3) is 0 Å². The van der Waals surface area contributed by atoms with Crippen LogP contribution in [0.3, 0.4) is 0 Å². The fourth-order valence-electron chi connectivity index (χ4n) is 8.03. The lowest BCUT2D eigenvalue weighted by molar-refractivity contribution is 0.290. The van der Waals surface area contributed by atoms with Gasteiger partial charge in [0, 0.05) is 0 Å². The van der Waals surface area contributed by atoms with Gasteiger partial charge in [0.15, 0.2) is 16.6 Å². The molecule has 3 atom stereocenters. The Morgan fingerprint density at radius 3 is 1.80 bits per heavy atom. The summed E-state index contributed by atoms with van der Waals surface area (Å²) < 4.78 is 33.4. The molecular formula is C25H54O5Si5. The molecule has 35 heavy (non-hydrogen) atoms. The minimum atomic E-state index is -2.39. The number of hydrogen-bond acceptors (Lipinski definition) is 5. The average Bonchev–Trinajstić information content (AvgIpc) is 3.11. The zero-order chi connectivity index (χ0) is 25.9. The number of fused-ring (bicyclic) bond motifs is 3. The van der Waals surface area contributed by atoms with E-state index in [2.05, 4.69) is 65.5 Å². The summed E-state index contributed by atoms with van der Waals surface area (Å²) in [4.78, 5) is 0. The molecule has 0 aromatic rings. The first kappa shape index (κ1) is 28.9. The molecule has 10 heteroatoms. The van der Waals surface area contributed by atoms with Gasteiger partial charge < -0.3 is 21.2 Å². The SMILES string of the molecule is C[Si](C)(CCC1CCC2OC2C1)O[Si](C)(C)O[Si](C)(C)O[Si](C)(C)O[Si](C)(C)C12CCC(CC1)C2. The van der Waals surface area contributed by atoms with Crippen molar-refractivity contribution in [3.63, 3.8) is 0 Å². The molecule has 204 valence electrons. The van der Waals surface area contributed by atoms with E-state index in [0.717, 1.165) is 11.8 Å². The van der Waals surface area contributed by atoms with E-state index in [4.69, 9.17) is 21.2 Å². The van der Waals surface area contributed by atoms with E-state index in [9.17, 15) is 0 Å². The lowest BCUT2D eigenvalue weighted by Gasteiger charge is -2.47. The van der Waals surface area contributed by atoms with Crippen molar-refractivity contribution in [3.8, 4) is 0 Å². The van der Waals surface area contributed by atoms with Crippen molar-refractivity contribution < 1.29 is 21.2 Å². The highest BCUT2D eigenvalue weighted by molar-refractivity contribution is 6.91. The van der Waals surface area contributed by atoms with Crippen molar-refractivity contribution in [2.24, 2.45) is 11.8 Å². The Balaban J connectivity index is 1.29. The zero-order valence-electron chi connectivity index (χ0n) is 24.4. The Morgan fingerprint density at radius 2 is 1.26 bits per heavy atom. The molecule has 0 radical (unpaired) electrons. The van der Waals surface area contributed by atoms with E-state index >= 15 is 0 Å². The highest BCUT2D eigenvalue weighted by atomic mass is 28.5. The lowest BCUT2D eigenvalue weighted by atomic mass is 9.88. The van der Waals surface area contributed by atoms with Crippen LogP contribution in [0.4, 0.5) is 0 Å². The summed E-state index contributed by atoms with van der Waals surface area (Å²) in [5.74, 6) is 1.78. The van der Waals surface area contributed by atoms with Crippen molar-refractivity contribution >= 4 is 42.3 Å². The van der Waals surface area contributed by atoms with Gasteiger partial charge in [-0.15, -0.1) is 0 Å². The summed E-state index contributed by atoms with van der Waals surface area (Å²) in [5, 5.41) is 0.482. The van der Waals surface area contributed by atoms with Gasteiger partial charge in [0.05, 0.1) is 12.2 Å². The van der Waals surface area contributed by atoms with Gasteiger partial charge in [-0.2, -0.15) is 0 Å². The van der Waals surface area contributed by atoms with Crippen LogP contribution in [0.2, 0.25) is 76.6 Å². The molecule has 0 aromatic heterocycles. The lowest BCUT2D eigenvalue weighted by Crippen LogP contribution is -2.60. The third-order valence-electron chi connectivity index (χ3n) is 9.29. The van der Waals surface area contributed by atoms with Crippen LogP contribution >= 0.6 is 0 Å². The summed E-state index contributed by atoms with van der Waals surface area (Å²) in [6, 6.07) is 1.21. The smallest absolute Gasteiger partial charge is 0.314 e. The molecule has 3 unspecified atom stereocenters. The van der Waals surface area contributed by atoms with Gasteiger partial charge in [-0.3, -0.25) is 0 Å². The van der Waals surface area contributed by atoms with Crippen molar-refractivity contribution in [1.82, 2.24) is 0 Å². The Labute approximate surface area is 221 Å². The fraction of sp³-hybridized carbons (Fsp3) is 1.00. The van der Waals surface area contributed by atoms with Crippen LogP contribution in [0, 0.1) is 11.8 Å². The van der Waals surface area contributed by atoms with E-state index in [0.29, 0.717) is 17.2 Å². The summed E-state index contributed by atoms with van der Waals surface area (Å²) in [6.07, 6.45) is 13.3. The normalized spacial score (nSPS) is 33.8. The minimum Gasteiger partial charge on any atom is -0.436 e. The summed E-state index contributed by atoms with van der Waals surface area (Å²) >= 11 is 0. The second kappa shape index (κ2) is 9.81. The van der Waals surface area contributed by atoms with Crippen LogP contribution in [0.5, 0.6) is 0 Å². The Hall–Kier alpha value is 0.884. The van der Waals surface area contributed by atoms with E-state index in [1.165, 1.54) is 63.8 Å². The standard InChI is InChI=1S/C25H54O5Si5/c1-31(2,18-15-21-11-12-23-24(19-21)26-23)27-33(5,6)29-35(9,10)30-34(7,8)28-32(3,4)25-16-13-22(20-25)14-17-25/h21-24H,11-20H2,1-10H3. The second-order valence-electron chi connectivity index (χ2n) is 14.7. The molecule has 2 bridgehead atoms. The maximum atomic E-state index is 7.08. The Kier molecular flexibility index (Phi) is 8.10. The monoisotopic (exact) mass is 574 g/mol. The molecule has 0 N–H and O–H groups in total. The number of epoxide rings is 1. The van der Waals surface area contributed by atoms with Crippen LogP contribution in [0.15, 0.2) is 0 Å². The third-order valence-corrected chi connectivity index (χ3v) is 30.1. The molecule has 1 heterocycles. The molecule has 1 saturated heterocycles. The maximum absolute atomic E-state index is 7.08. The first-order valence-electron chi connectivity index (χ1n) is 14.4. The average molecular weight is 575 g/mol. The van der Waals surface area contributed by atoms with Crippen LogP contribution in [-0.2, 0) is 21.2 Å². The van der Waals surface area contributed by atoms with E-state index < -0.39 is 42.3 Å². The first-order chi connectivity index (χ1) is 15.9. The topological polar surface area (TPSA) is 49.5 Å². The number of ether oxygens (including phenoxy) is 1. The third kappa shape index (κ3) is 7.30. The molecule has 3 aliphatic carbocycles. The highest BCUT2D eigenvalue weighted by Gasteiger charge is 2.58. The highest BCUT2D eigenvalue weighted by Crippen LogP contribution is 2.64. The van der Waals surface area contributed by atoms with Crippen LogP contribution < -0.4 is 0 Å². The largest absolute Gasteiger partial charge is 0.436 e. The number of hydrogen-bond donors (Lipinski definition) is 0. The molecule has 1 aliphatic heterocycles. The molecular weight excluding hydrogens is 521 g/mol. The fourth-order valence-corrected chi connectivity index (χ4v) is 34.0. The van der Waals surface area contributed by atoms with Gasteiger partial charge in [-0.1, -0.05) is 19.3 Å². The Morgan fingerprint density at radius 1 is 0.686 bits per heavy atom. The van der Waals surface area contributed by atoms with E-state index in [1.807, 2.05) is 0 Å². The van der Waals surface area contributed by atoms with Crippen LogP contribution in [0.25, 0.3) is 0 Å². The summed E-state index contributed by atoms with van der Waals surface area (Å²) in [6.45, 7) is 23.1. The van der Waals surface area contributed by atoms with Crippen molar-refractivity contribution in [2.45, 2.75) is 147 Å². The van der Waals surface area contributed by atoms with Crippen LogP contribution in [-0.4, -0.2) is 54.5 Å². The summed E-state index contributed by atoms with van der Waals surface area (Å²) in [7, 11) is -10.7. The van der Waals surface area contributed by atoms with Gasteiger partial charge >= 0.3 is 25.7 Å². The van der Waals surface area contributed by atoms with Gasteiger partial charge in [0.2, 0.25) is 0 Å². The number of rotatable bonds is 12. The molecule has 3 saturated carbocycles. The predicted octanol–water partition coefficient (Wildman–Crippen LogP) is 7.86. The molecule has 0 spiro atoms. The maximum Gasteiger partial charge on any atom is 0.314 e. The molecule has 0 aromatic carbocycles. The molecule has 4 fully saturated rings. The van der Waals surface area contributed by atoms with Gasteiger partial charge in [-0.25, -0.2) is 0 Å². The second-order valence-corrected chi connectivity index (χ2v) is 34.5. The zero-order valence-corrected chi connectivity index (χ0v) is 29.4. The van der Waals surface area contributed by atoms with Crippen molar-refractivity contribution in [3.05, 3.63) is 0 Å². The van der Waals surface area contributed by atoms with Crippen molar-refractivity contribution in [2.75, 3.05) is 0 Å². The first-order valence-corrected chi connectivity index (χ1v) is 28.8. The molecule has 4 aliphatic rings. The van der Waals surface area contributed by atoms with Crippen molar-refractivity contribution in [1.29, 1.82) is 0 Å². The van der Waals surface area contributed by atoms with E-state index in [1.54, 1.807) is 0 Å². The predicted molar refractivity (Wildman–Crippen MR) is 156 cm³/mol. The minimum absolute atomic E-state index is 0.482. The molecule has 4 rings (SSSR count). The summed E-state index contributed by atoms with van der Waals surface area (Å²) in [5.41, 5.74) is 0. The Bertz CT molecular complexity index is 763.